The zero-order valence-electron chi connectivity index (χ0n) is 12.0. The van der Waals surface area contributed by atoms with E-state index in [1.54, 1.807) is 4.90 Å². The van der Waals surface area contributed by atoms with Gasteiger partial charge in [-0.25, -0.2) is 4.79 Å². The third-order valence-corrected chi connectivity index (χ3v) is 3.08. The first-order valence-corrected chi connectivity index (χ1v) is 7.19. The van der Waals surface area contributed by atoms with Gasteiger partial charge in [0.15, 0.2) is 0 Å². The second-order valence-corrected chi connectivity index (χ2v) is 4.73. The molecule has 1 fully saturated rings. The molecule has 1 aliphatic rings. The molecule has 1 aliphatic heterocycles. The molecule has 0 spiro atoms. The summed E-state index contributed by atoms with van der Waals surface area (Å²) in [4.78, 5) is 35.6. The zero-order chi connectivity index (χ0) is 14.8. The molecule has 7 heteroatoms. The summed E-state index contributed by atoms with van der Waals surface area (Å²) in [5, 5.41) is 8.21. The fourth-order valence-corrected chi connectivity index (χ4v) is 2.00. The summed E-state index contributed by atoms with van der Waals surface area (Å²) >= 11 is 0. The first-order valence-electron chi connectivity index (χ1n) is 7.19. The Labute approximate surface area is 119 Å². The average Bonchev–Trinajstić information content (AvgIpc) is 2.81. The van der Waals surface area contributed by atoms with Gasteiger partial charge in [-0.1, -0.05) is 0 Å². The minimum atomic E-state index is -0.0683. The standard InChI is InChI=1S/C13H24N4O3/c1-2-14-11(18)5-3-4-6-12(19)15-7-9-17-10-8-16-13(17)20/h2-10H2,1H3,(H,14,18)(H,15,19)(H,16,20). The monoisotopic (exact) mass is 284 g/mol. The highest BCUT2D eigenvalue weighted by Gasteiger charge is 2.18. The average molecular weight is 284 g/mol. The Kier molecular flexibility index (Phi) is 7.46. The van der Waals surface area contributed by atoms with Crippen molar-refractivity contribution in [3.05, 3.63) is 0 Å². The van der Waals surface area contributed by atoms with Gasteiger partial charge in [-0.2, -0.15) is 0 Å². The molecule has 20 heavy (non-hydrogen) atoms. The number of rotatable bonds is 9. The summed E-state index contributed by atoms with van der Waals surface area (Å²) in [5.41, 5.74) is 0. The summed E-state index contributed by atoms with van der Waals surface area (Å²) in [6.07, 6.45) is 2.31. The number of carbonyl (C=O) groups excluding carboxylic acids is 3. The second kappa shape index (κ2) is 9.17. The minimum Gasteiger partial charge on any atom is -0.356 e. The Bertz CT molecular complexity index is 347. The van der Waals surface area contributed by atoms with Crippen molar-refractivity contribution in [2.75, 3.05) is 32.7 Å². The Morgan fingerprint density at radius 2 is 1.85 bits per heavy atom. The van der Waals surface area contributed by atoms with Crippen LogP contribution in [0.5, 0.6) is 0 Å². The van der Waals surface area contributed by atoms with Crippen LogP contribution in [0.4, 0.5) is 4.79 Å². The molecule has 7 nitrogen and oxygen atoms in total. The maximum absolute atomic E-state index is 11.5. The van der Waals surface area contributed by atoms with Crippen LogP contribution in [0.25, 0.3) is 0 Å². The molecule has 1 rings (SSSR count). The van der Waals surface area contributed by atoms with E-state index in [2.05, 4.69) is 16.0 Å². The fraction of sp³-hybridized carbons (Fsp3) is 0.769. The van der Waals surface area contributed by atoms with Gasteiger partial charge in [0.25, 0.3) is 0 Å². The van der Waals surface area contributed by atoms with Crippen LogP contribution in [0.2, 0.25) is 0 Å². The highest BCUT2D eigenvalue weighted by molar-refractivity contribution is 5.77. The maximum atomic E-state index is 11.5. The van der Waals surface area contributed by atoms with E-state index in [1.165, 1.54) is 0 Å². The molecule has 1 saturated heterocycles. The van der Waals surface area contributed by atoms with E-state index in [4.69, 9.17) is 0 Å². The number of unbranched alkanes of at least 4 members (excludes halogenated alkanes) is 1. The number of amides is 4. The third kappa shape index (κ3) is 6.40. The lowest BCUT2D eigenvalue weighted by Crippen LogP contribution is -2.36. The first-order chi connectivity index (χ1) is 9.63. The summed E-state index contributed by atoms with van der Waals surface area (Å²) in [6, 6.07) is -0.0683. The van der Waals surface area contributed by atoms with E-state index in [0.29, 0.717) is 58.4 Å². The number of hydrogen-bond acceptors (Lipinski definition) is 3. The largest absolute Gasteiger partial charge is 0.356 e. The van der Waals surface area contributed by atoms with Crippen LogP contribution >= 0.6 is 0 Å². The van der Waals surface area contributed by atoms with Crippen LogP contribution in [0, 0.1) is 0 Å². The number of urea groups is 1. The molecule has 0 bridgehead atoms. The van der Waals surface area contributed by atoms with E-state index in [9.17, 15) is 14.4 Å². The molecule has 0 unspecified atom stereocenters. The van der Waals surface area contributed by atoms with Crippen molar-refractivity contribution in [1.29, 1.82) is 0 Å². The molecule has 4 amide bonds. The summed E-state index contributed by atoms with van der Waals surface area (Å²) < 4.78 is 0. The molecule has 114 valence electrons. The Morgan fingerprint density at radius 3 is 2.40 bits per heavy atom. The molecule has 1 heterocycles. The topological polar surface area (TPSA) is 90.5 Å². The maximum Gasteiger partial charge on any atom is 0.317 e. The van der Waals surface area contributed by atoms with Gasteiger partial charge >= 0.3 is 6.03 Å². The van der Waals surface area contributed by atoms with Crippen LogP contribution in [0.1, 0.15) is 32.6 Å². The lowest BCUT2D eigenvalue weighted by molar-refractivity contribution is -0.123. The predicted octanol–water partition coefficient (Wildman–Crippen LogP) is -0.176. The number of carbonyl (C=O) groups is 3. The lowest BCUT2D eigenvalue weighted by atomic mass is 10.2. The van der Waals surface area contributed by atoms with Gasteiger partial charge in [-0.05, 0) is 19.8 Å². The van der Waals surface area contributed by atoms with Crippen molar-refractivity contribution in [2.45, 2.75) is 32.6 Å². The Morgan fingerprint density at radius 1 is 1.20 bits per heavy atom. The number of hydrogen-bond donors (Lipinski definition) is 3. The van der Waals surface area contributed by atoms with Gasteiger partial charge in [0.1, 0.15) is 0 Å². The number of nitrogens with zero attached hydrogens (tertiary/aromatic N) is 1. The second-order valence-electron chi connectivity index (χ2n) is 4.73. The predicted molar refractivity (Wildman–Crippen MR) is 75.1 cm³/mol. The SMILES string of the molecule is CCNC(=O)CCCCC(=O)NCCN1CCNC1=O. The van der Waals surface area contributed by atoms with Crippen molar-refractivity contribution < 1.29 is 14.4 Å². The van der Waals surface area contributed by atoms with Crippen LogP contribution < -0.4 is 16.0 Å². The number of nitrogens with one attached hydrogen (secondary N) is 3. The van der Waals surface area contributed by atoms with Gasteiger partial charge in [0.2, 0.25) is 11.8 Å². The molecular weight excluding hydrogens is 260 g/mol. The lowest BCUT2D eigenvalue weighted by Gasteiger charge is -2.14. The van der Waals surface area contributed by atoms with Gasteiger partial charge in [0, 0.05) is 45.6 Å². The van der Waals surface area contributed by atoms with Crippen LogP contribution in [0.3, 0.4) is 0 Å². The smallest absolute Gasteiger partial charge is 0.317 e. The third-order valence-electron chi connectivity index (χ3n) is 3.08. The normalized spacial score (nSPS) is 14.1. The van der Waals surface area contributed by atoms with Crippen molar-refractivity contribution >= 4 is 17.8 Å². The molecule has 0 saturated carbocycles. The van der Waals surface area contributed by atoms with Crippen molar-refractivity contribution in [1.82, 2.24) is 20.9 Å². The van der Waals surface area contributed by atoms with Gasteiger partial charge in [-0.3, -0.25) is 9.59 Å². The van der Waals surface area contributed by atoms with Crippen LogP contribution in [0.15, 0.2) is 0 Å². The van der Waals surface area contributed by atoms with Crippen LogP contribution in [-0.2, 0) is 9.59 Å². The van der Waals surface area contributed by atoms with Crippen molar-refractivity contribution in [2.24, 2.45) is 0 Å². The van der Waals surface area contributed by atoms with Crippen molar-refractivity contribution in [3.8, 4) is 0 Å². The Balaban J connectivity index is 1.97. The molecule has 0 aromatic carbocycles. The van der Waals surface area contributed by atoms with Crippen molar-refractivity contribution in [3.63, 3.8) is 0 Å². The van der Waals surface area contributed by atoms with E-state index < -0.39 is 0 Å². The highest BCUT2D eigenvalue weighted by atomic mass is 16.2. The minimum absolute atomic E-state index is 0.0273. The Hall–Kier alpha value is -1.79. The highest BCUT2D eigenvalue weighted by Crippen LogP contribution is 2.00. The van der Waals surface area contributed by atoms with Crippen LogP contribution in [-0.4, -0.2) is 55.5 Å². The van der Waals surface area contributed by atoms with E-state index >= 15 is 0 Å². The quantitative estimate of drug-likeness (QED) is 0.513. The van der Waals surface area contributed by atoms with E-state index in [-0.39, 0.29) is 17.8 Å². The molecule has 0 aromatic rings. The molecule has 0 aliphatic carbocycles. The van der Waals surface area contributed by atoms with E-state index in [0.717, 1.165) is 0 Å². The molecular formula is C13H24N4O3. The summed E-state index contributed by atoms with van der Waals surface area (Å²) in [5.74, 6) is 0.00783. The summed E-state index contributed by atoms with van der Waals surface area (Å²) in [7, 11) is 0. The van der Waals surface area contributed by atoms with Gasteiger partial charge < -0.3 is 20.9 Å². The summed E-state index contributed by atoms with van der Waals surface area (Å²) in [6.45, 7) is 4.91. The fourth-order valence-electron chi connectivity index (χ4n) is 2.00. The molecule has 0 aromatic heterocycles. The zero-order valence-corrected chi connectivity index (χ0v) is 12.0. The molecule has 3 N–H and O–H groups in total. The molecule has 0 atom stereocenters. The van der Waals surface area contributed by atoms with E-state index in [1.807, 2.05) is 6.92 Å². The van der Waals surface area contributed by atoms with Gasteiger partial charge in [0.05, 0.1) is 0 Å². The van der Waals surface area contributed by atoms with Gasteiger partial charge in [-0.15, -0.1) is 0 Å². The molecule has 0 radical (unpaired) electrons. The first kappa shape index (κ1) is 16.3.